The Balaban J connectivity index is 2.35. The number of rotatable bonds is 4. The van der Waals surface area contributed by atoms with Crippen LogP contribution >= 0.6 is 15.9 Å². The predicted octanol–water partition coefficient (Wildman–Crippen LogP) is 3.89. The van der Waals surface area contributed by atoms with Crippen LogP contribution in [0.5, 0.6) is 0 Å². The fourth-order valence-corrected chi connectivity index (χ4v) is 5.28. The Bertz CT molecular complexity index is 639. The summed E-state index contributed by atoms with van der Waals surface area (Å²) in [5, 5.41) is 8.73. The molecule has 2 rings (SSSR count). The molecule has 1 aromatic carbocycles. The van der Waals surface area contributed by atoms with Gasteiger partial charge >= 0.3 is 5.97 Å². The fourth-order valence-electron chi connectivity index (χ4n) is 2.93. The van der Waals surface area contributed by atoms with Crippen LogP contribution in [0.2, 0.25) is 0 Å². The molecule has 0 radical (unpaired) electrons. The minimum atomic E-state index is -3.46. The lowest BCUT2D eigenvalue weighted by Gasteiger charge is -2.28. The third-order valence-electron chi connectivity index (χ3n) is 4.25. The first-order valence-corrected chi connectivity index (χ1v) is 9.47. The number of carboxylic acid groups (broad SMARTS) is 1. The van der Waals surface area contributed by atoms with Crippen LogP contribution in [-0.4, -0.2) is 24.7 Å². The maximum Gasteiger partial charge on any atom is 0.336 e. The number of aromatic carboxylic acids is 1. The molecule has 1 aromatic rings. The van der Waals surface area contributed by atoms with Gasteiger partial charge in [0.05, 0.1) is 15.7 Å². The average Bonchev–Trinajstić information content (AvgIpc) is 2.47. The van der Waals surface area contributed by atoms with Gasteiger partial charge in [-0.15, -0.1) is 0 Å². The molecule has 0 amide bonds. The Labute approximate surface area is 133 Å². The van der Waals surface area contributed by atoms with Gasteiger partial charge in [-0.05, 0) is 52.9 Å². The van der Waals surface area contributed by atoms with Crippen LogP contribution < -0.4 is 0 Å². The first kappa shape index (κ1) is 16.5. The van der Waals surface area contributed by atoms with Gasteiger partial charge in [0.25, 0.3) is 0 Å². The lowest BCUT2D eigenvalue weighted by atomic mass is 9.87. The second kappa shape index (κ2) is 6.48. The van der Waals surface area contributed by atoms with E-state index in [-0.39, 0.29) is 15.7 Å². The summed E-state index contributed by atoms with van der Waals surface area (Å²) in [6.45, 7) is 2.09. The van der Waals surface area contributed by atoms with Gasteiger partial charge in [-0.1, -0.05) is 26.2 Å². The second-order valence-electron chi connectivity index (χ2n) is 5.55. The molecule has 116 valence electrons. The summed E-state index contributed by atoms with van der Waals surface area (Å²) in [5.74, 6) is -0.679. The molecule has 2 atom stereocenters. The minimum Gasteiger partial charge on any atom is -0.478 e. The fraction of sp³-hybridized carbons (Fsp3) is 0.533. The topological polar surface area (TPSA) is 71.4 Å². The maximum absolute atomic E-state index is 12.7. The highest BCUT2D eigenvalue weighted by atomic mass is 79.9. The number of hydrogen-bond acceptors (Lipinski definition) is 3. The van der Waals surface area contributed by atoms with Crippen molar-refractivity contribution in [1.82, 2.24) is 0 Å². The number of carbonyl (C=O) groups is 1. The predicted molar refractivity (Wildman–Crippen MR) is 84.3 cm³/mol. The van der Waals surface area contributed by atoms with Crippen molar-refractivity contribution in [2.24, 2.45) is 5.92 Å². The number of halogens is 1. The zero-order valence-electron chi connectivity index (χ0n) is 11.9. The van der Waals surface area contributed by atoms with Gasteiger partial charge in [0, 0.05) is 4.47 Å². The Morgan fingerprint density at radius 1 is 1.38 bits per heavy atom. The SMILES string of the molecule is CCC1CCCC(S(=O)(=O)c2ccc(Br)c(C(=O)O)c2)C1. The molecular formula is C15H19BrO4S. The van der Waals surface area contributed by atoms with Gasteiger partial charge in [-0.2, -0.15) is 0 Å². The number of carboxylic acids is 1. The van der Waals surface area contributed by atoms with Crippen molar-refractivity contribution in [1.29, 1.82) is 0 Å². The average molecular weight is 375 g/mol. The van der Waals surface area contributed by atoms with Crippen molar-refractivity contribution < 1.29 is 18.3 Å². The van der Waals surface area contributed by atoms with Crippen LogP contribution in [0.15, 0.2) is 27.6 Å². The lowest BCUT2D eigenvalue weighted by molar-refractivity contribution is 0.0695. The molecule has 0 aliphatic heterocycles. The van der Waals surface area contributed by atoms with Crippen LogP contribution in [0.3, 0.4) is 0 Å². The van der Waals surface area contributed by atoms with Crippen LogP contribution in [-0.2, 0) is 9.84 Å². The lowest BCUT2D eigenvalue weighted by Crippen LogP contribution is -2.28. The van der Waals surface area contributed by atoms with E-state index in [1.807, 2.05) is 0 Å². The molecule has 1 saturated carbocycles. The van der Waals surface area contributed by atoms with Crippen molar-refractivity contribution in [3.63, 3.8) is 0 Å². The molecule has 1 aliphatic carbocycles. The highest BCUT2D eigenvalue weighted by molar-refractivity contribution is 9.10. The van der Waals surface area contributed by atoms with Crippen molar-refractivity contribution in [2.45, 2.75) is 49.2 Å². The van der Waals surface area contributed by atoms with Gasteiger partial charge in [-0.3, -0.25) is 0 Å². The van der Waals surface area contributed by atoms with Gasteiger partial charge in [0.1, 0.15) is 0 Å². The van der Waals surface area contributed by atoms with E-state index in [9.17, 15) is 13.2 Å². The summed E-state index contributed by atoms with van der Waals surface area (Å²) < 4.78 is 25.8. The van der Waals surface area contributed by atoms with Crippen molar-refractivity contribution in [3.05, 3.63) is 28.2 Å². The zero-order chi connectivity index (χ0) is 15.6. The molecule has 1 N–H and O–H groups in total. The monoisotopic (exact) mass is 374 g/mol. The van der Waals surface area contributed by atoms with Gasteiger partial charge in [0.2, 0.25) is 0 Å². The Morgan fingerprint density at radius 2 is 2.10 bits per heavy atom. The second-order valence-corrected chi connectivity index (χ2v) is 8.64. The summed E-state index contributed by atoms with van der Waals surface area (Å²) in [7, 11) is -3.46. The molecule has 0 bridgehead atoms. The van der Waals surface area contributed by atoms with Crippen molar-refractivity contribution in [3.8, 4) is 0 Å². The molecular weight excluding hydrogens is 356 g/mol. The smallest absolute Gasteiger partial charge is 0.336 e. The van der Waals surface area contributed by atoms with E-state index in [4.69, 9.17) is 5.11 Å². The Kier molecular flexibility index (Phi) is 5.09. The summed E-state index contributed by atoms with van der Waals surface area (Å²) >= 11 is 3.14. The molecule has 0 spiro atoms. The van der Waals surface area contributed by atoms with Gasteiger partial charge in [0.15, 0.2) is 9.84 Å². The van der Waals surface area contributed by atoms with Crippen LogP contribution in [0, 0.1) is 5.92 Å². The molecule has 2 unspecified atom stereocenters. The Morgan fingerprint density at radius 3 is 2.71 bits per heavy atom. The first-order valence-electron chi connectivity index (χ1n) is 7.13. The number of sulfone groups is 1. The highest BCUT2D eigenvalue weighted by Crippen LogP contribution is 2.34. The maximum atomic E-state index is 12.7. The van der Waals surface area contributed by atoms with E-state index in [0.29, 0.717) is 23.2 Å². The van der Waals surface area contributed by atoms with E-state index in [0.717, 1.165) is 19.3 Å². The van der Waals surface area contributed by atoms with Crippen LogP contribution in [0.1, 0.15) is 49.4 Å². The molecule has 4 nitrogen and oxygen atoms in total. The summed E-state index contributed by atoms with van der Waals surface area (Å²) in [6.07, 6.45) is 4.34. The van der Waals surface area contributed by atoms with E-state index in [2.05, 4.69) is 22.9 Å². The van der Waals surface area contributed by atoms with Crippen molar-refractivity contribution >= 4 is 31.7 Å². The first-order chi connectivity index (χ1) is 9.86. The molecule has 21 heavy (non-hydrogen) atoms. The summed E-state index contributed by atoms with van der Waals surface area (Å²) in [6, 6.07) is 4.25. The van der Waals surface area contributed by atoms with Gasteiger partial charge < -0.3 is 5.11 Å². The van der Waals surface area contributed by atoms with Gasteiger partial charge in [-0.25, -0.2) is 13.2 Å². The molecule has 0 heterocycles. The molecule has 1 aliphatic rings. The standard InChI is InChI=1S/C15H19BrO4S/c1-2-10-4-3-5-11(8-10)21(19,20)12-6-7-14(16)13(9-12)15(17)18/h6-7,9-11H,2-5,8H2,1H3,(H,17,18). The van der Waals surface area contributed by atoms with E-state index < -0.39 is 15.8 Å². The largest absolute Gasteiger partial charge is 0.478 e. The highest BCUT2D eigenvalue weighted by Gasteiger charge is 2.32. The summed E-state index contributed by atoms with van der Waals surface area (Å²) in [5.41, 5.74) is -0.0149. The molecule has 0 aromatic heterocycles. The van der Waals surface area contributed by atoms with Crippen molar-refractivity contribution in [2.75, 3.05) is 0 Å². The number of hydrogen-bond donors (Lipinski definition) is 1. The third-order valence-corrected chi connectivity index (χ3v) is 7.16. The molecule has 1 fully saturated rings. The quantitative estimate of drug-likeness (QED) is 0.867. The van der Waals surface area contributed by atoms with E-state index >= 15 is 0 Å². The molecule has 6 heteroatoms. The van der Waals surface area contributed by atoms with Crippen LogP contribution in [0.4, 0.5) is 0 Å². The zero-order valence-corrected chi connectivity index (χ0v) is 14.3. The normalized spacial score (nSPS) is 23.0. The number of benzene rings is 1. The summed E-state index contributed by atoms with van der Waals surface area (Å²) in [4.78, 5) is 11.3. The van der Waals surface area contributed by atoms with E-state index in [1.54, 1.807) is 0 Å². The minimum absolute atomic E-state index is 0.0149. The van der Waals surface area contributed by atoms with Crippen LogP contribution in [0.25, 0.3) is 0 Å². The van der Waals surface area contributed by atoms with E-state index in [1.165, 1.54) is 18.2 Å². The molecule has 0 saturated heterocycles. The third kappa shape index (κ3) is 3.48. The Hall–Kier alpha value is -0.880.